The summed E-state index contributed by atoms with van der Waals surface area (Å²) >= 11 is 6.15. The SMILES string of the molecule is CCOC(=O)C1=CC2Oc3ccc(C(C)C)cc3C(=O)N2C=C1Cl. The Labute approximate surface area is 145 Å². The zero-order valence-electron chi connectivity index (χ0n) is 13.7. The molecule has 3 rings (SSSR count). The van der Waals surface area contributed by atoms with Gasteiger partial charge in [-0.15, -0.1) is 0 Å². The molecule has 2 aliphatic heterocycles. The molecule has 1 aromatic rings. The molecule has 126 valence electrons. The van der Waals surface area contributed by atoms with Crippen molar-refractivity contribution in [2.24, 2.45) is 0 Å². The van der Waals surface area contributed by atoms with Crippen molar-refractivity contribution in [3.8, 4) is 5.75 Å². The molecule has 0 N–H and O–H groups in total. The Bertz CT molecular complexity index is 766. The van der Waals surface area contributed by atoms with Gasteiger partial charge in [-0.2, -0.15) is 0 Å². The first-order chi connectivity index (χ1) is 11.4. The standard InChI is InChI=1S/C18H18ClNO4/c1-4-23-18(22)12-8-16-20(9-14(12)19)17(21)13-7-11(10(2)3)5-6-15(13)24-16/h5-10,16H,4H2,1-3H3. The fraction of sp³-hybridized carbons (Fsp3) is 0.333. The summed E-state index contributed by atoms with van der Waals surface area (Å²) in [4.78, 5) is 26.1. The summed E-state index contributed by atoms with van der Waals surface area (Å²) in [5.41, 5.74) is 1.75. The van der Waals surface area contributed by atoms with Crippen LogP contribution < -0.4 is 4.74 Å². The van der Waals surface area contributed by atoms with Crippen LogP contribution in [-0.2, 0) is 9.53 Å². The van der Waals surface area contributed by atoms with Crippen LogP contribution in [0.25, 0.3) is 0 Å². The Morgan fingerprint density at radius 1 is 1.42 bits per heavy atom. The first-order valence-electron chi connectivity index (χ1n) is 7.82. The lowest BCUT2D eigenvalue weighted by Gasteiger charge is -2.35. The lowest BCUT2D eigenvalue weighted by Crippen LogP contribution is -2.45. The van der Waals surface area contributed by atoms with Gasteiger partial charge in [0.15, 0.2) is 6.23 Å². The van der Waals surface area contributed by atoms with E-state index in [4.69, 9.17) is 21.1 Å². The zero-order chi connectivity index (χ0) is 17.4. The second kappa shape index (κ2) is 6.32. The summed E-state index contributed by atoms with van der Waals surface area (Å²) in [6.45, 7) is 6.08. The van der Waals surface area contributed by atoms with Gasteiger partial charge in [-0.1, -0.05) is 31.5 Å². The monoisotopic (exact) mass is 347 g/mol. The summed E-state index contributed by atoms with van der Waals surface area (Å²) in [5, 5.41) is 0.158. The maximum Gasteiger partial charge on any atom is 0.339 e. The minimum Gasteiger partial charge on any atom is -0.466 e. The number of carbonyl (C=O) groups is 2. The number of halogens is 1. The molecule has 24 heavy (non-hydrogen) atoms. The molecule has 0 saturated heterocycles. The van der Waals surface area contributed by atoms with Crippen molar-refractivity contribution in [2.45, 2.75) is 32.9 Å². The zero-order valence-corrected chi connectivity index (χ0v) is 14.5. The molecule has 1 unspecified atom stereocenters. The van der Waals surface area contributed by atoms with Gasteiger partial charge in [-0.25, -0.2) is 4.79 Å². The number of benzene rings is 1. The Hall–Kier alpha value is -2.27. The molecule has 2 heterocycles. The van der Waals surface area contributed by atoms with E-state index < -0.39 is 12.2 Å². The summed E-state index contributed by atoms with van der Waals surface area (Å²) in [6.07, 6.45) is 2.22. The number of hydrogen-bond acceptors (Lipinski definition) is 4. The van der Waals surface area contributed by atoms with Crippen molar-refractivity contribution >= 4 is 23.5 Å². The molecule has 0 bridgehead atoms. The summed E-state index contributed by atoms with van der Waals surface area (Å²) < 4.78 is 10.8. The molecular weight excluding hydrogens is 330 g/mol. The van der Waals surface area contributed by atoms with Crippen LogP contribution >= 0.6 is 11.6 Å². The highest BCUT2D eigenvalue weighted by Gasteiger charge is 2.36. The highest BCUT2D eigenvalue weighted by molar-refractivity contribution is 6.35. The van der Waals surface area contributed by atoms with Gasteiger partial charge in [0.2, 0.25) is 0 Å². The van der Waals surface area contributed by atoms with Gasteiger partial charge in [-0.05, 0) is 36.6 Å². The number of rotatable bonds is 3. The van der Waals surface area contributed by atoms with E-state index in [2.05, 4.69) is 13.8 Å². The van der Waals surface area contributed by atoms with Crippen molar-refractivity contribution in [3.05, 3.63) is 52.2 Å². The molecule has 1 atom stereocenters. The Morgan fingerprint density at radius 3 is 2.83 bits per heavy atom. The van der Waals surface area contributed by atoms with Crippen LogP contribution in [0, 0.1) is 0 Å². The molecule has 0 saturated carbocycles. The Morgan fingerprint density at radius 2 is 2.17 bits per heavy atom. The van der Waals surface area contributed by atoms with E-state index in [1.165, 1.54) is 17.2 Å². The van der Waals surface area contributed by atoms with Crippen molar-refractivity contribution in [1.29, 1.82) is 0 Å². The number of ether oxygens (including phenoxy) is 2. The van der Waals surface area contributed by atoms with E-state index in [9.17, 15) is 9.59 Å². The van der Waals surface area contributed by atoms with E-state index in [-0.39, 0.29) is 23.1 Å². The van der Waals surface area contributed by atoms with Crippen molar-refractivity contribution in [1.82, 2.24) is 4.90 Å². The average Bonchev–Trinajstić information content (AvgIpc) is 2.55. The minimum atomic E-state index is -0.711. The fourth-order valence-electron chi connectivity index (χ4n) is 2.65. The van der Waals surface area contributed by atoms with Crippen molar-refractivity contribution < 1.29 is 19.1 Å². The largest absolute Gasteiger partial charge is 0.466 e. The highest BCUT2D eigenvalue weighted by Crippen LogP contribution is 2.35. The fourth-order valence-corrected chi connectivity index (χ4v) is 2.90. The van der Waals surface area contributed by atoms with Crippen molar-refractivity contribution in [3.63, 3.8) is 0 Å². The number of nitrogens with zero attached hydrogens (tertiary/aromatic N) is 1. The van der Waals surface area contributed by atoms with Crippen molar-refractivity contribution in [2.75, 3.05) is 6.61 Å². The molecule has 5 nitrogen and oxygen atoms in total. The van der Waals surface area contributed by atoms with Crippen LogP contribution in [0.3, 0.4) is 0 Å². The maximum atomic E-state index is 12.8. The quantitative estimate of drug-likeness (QED) is 0.784. The van der Waals surface area contributed by atoms with Crippen LogP contribution in [0.2, 0.25) is 0 Å². The number of esters is 1. The molecule has 6 heteroatoms. The van der Waals surface area contributed by atoms with Crippen LogP contribution in [0.5, 0.6) is 5.75 Å². The molecule has 0 aliphatic carbocycles. The molecule has 0 aromatic heterocycles. The summed E-state index contributed by atoms with van der Waals surface area (Å²) in [5.74, 6) is 0.0598. The molecule has 1 amide bonds. The molecule has 0 spiro atoms. The minimum absolute atomic E-state index is 0.158. The lowest BCUT2D eigenvalue weighted by atomic mass is 9.98. The van der Waals surface area contributed by atoms with Crippen LogP contribution in [-0.4, -0.2) is 29.6 Å². The van der Waals surface area contributed by atoms with Crippen LogP contribution in [0.4, 0.5) is 0 Å². The van der Waals surface area contributed by atoms with Gasteiger partial charge in [-0.3, -0.25) is 9.69 Å². The van der Waals surface area contributed by atoms with Gasteiger partial charge in [0.05, 0.1) is 22.8 Å². The molecule has 1 aromatic carbocycles. The first-order valence-corrected chi connectivity index (χ1v) is 8.20. The normalized spacial score (nSPS) is 19.1. The number of hydrogen-bond donors (Lipinski definition) is 0. The molecular formula is C18H18ClNO4. The van der Waals surface area contributed by atoms with Crippen LogP contribution in [0.15, 0.2) is 41.1 Å². The lowest BCUT2D eigenvalue weighted by molar-refractivity contribution is -0.138. The van der Waals surface area contributed by atoms with Gasteiger partial charge < -0.3 is 9.47 Å². The number of carbonyl (C=O) groups excluding carboxylic acids is 2. The van der Waals surface area contributed by atoms with Gasteiger partial charge >= 0.3 is 5.97 Å². The molecule has 2 aliphatic rings. The summed E-state index contributed by atoms with van der Waals surface area (Å²) in [7, 11) is 0. The smallest absolute Gasteiger partial charge is 0.339 e. The first kappa shape index (κ1) is 16.6. The second-order valence-electron chi connectivity index (χ2n) is 5.91. The predicted octanol–water partition coefficient (Wildman–Crippen LogP) is 3.55. The highest BCUT2D eigenvalue weighted by atomic mass is 35.5. The van der Waals surface area contributed by atoms with Crippen LogP contribution in [0.1, 0.15) is 42.6 Å². The second-order valence-corrected chi connectivity index (χ2v) is 6.32. The van der Waals surface area contributed by atoms with Gasteiger partial charge in [0.25, 0.3) is 5.91 Å². The predicted molar refractivity (Wildman–Crippen MR) is 89.8 cm³/mol. The average molecular weight is 348 g/mol. The number of fused-ring (bicyclic) bond motifs is 2. The molecule has 0 fully saturated rings. The third kappa shape index (κ3) is 2.80. The topological polar surface area (TPSA) is 55.8 Å². The summed E-state index contributed by atoms with van der Waals surface area (Å²) in [6, 6.07) is 5.57. The van der Waals surface area contributed by atoms with Gasteiger partial charge in [0.1, 0.15) is 5.75 Å². The number of amides is 1. The van der Waals surface area contributed by atoms with E-state index in [0.29, 0.717) is 17.2 Å². The third-order valence-corrected chi connectivity index (χ3v) is 4.27. The van der Waals surface area contributed by atoms with E-state index in [1.807, 2.05) is 12.1 Å². The van der Waals surface area contributed by atoms with E-state index >= 15 is 0 Å². The maximum absolute atomic E-state index is 12.8. The molecule has 0 radical (unpaired) electrons. The van der Waals surface area contributed by atoms with E-state index in [0.717, 1.165) is 5.56 Å². The van der Waals surface area contributed by atoms with Gasteiger partial charge in [0, 0.05) is 6.20 Å². The third-order valence-electron chi connectivity index (χ3n) is 3.97. The Balaban J connectivity index is 1.97. The Kier molecular flexibility index (Phi) is 4.37. The van der Waals surface area contributed by atoms with E-state index in [1.54, 1.807) is 13.0 Å².